The standard InChI is InChI=1S/C13H10BrI/c14-13-8-10(9-15)6-7-12(13)11-4-2-1-3-5-11/h1-8H,9H2. The molecule has 15 heavy (non-hydrogen) atoms. The molecule has 0 nitrogen and oxygen atoms in total. The monoisotopic (exact) mass is 372 g/mol. The summed E-state index contributed by atoms with van der Waals surface area (Å²) in [6.07, 6.45) is 0. The third-order valence-electron chi connectivity index (χ3n) is 2.27. The van der Waals surface area contributed by atoms with E-state index in [1.54, 1.807) is 0 Å². The minimum atomic E-state index is 1.05. The molecular weight excluding hydrogens is 363 g/mol. The van der Waals surface area contributed by atoms with Crippen molar-refractivity contribution < 1.29 is 0 Å². The van der Waals surface area contributed by atoms with Crippen LogP contribution in [0.15, 0.2) is 53.0 Å². The van der Waals surface area contributed by atoms with Gasteiger partial charge in [0.25, 0.3) is 0 Å². The molecule has 2 heteroatoms. The van der Waals surface area contributed by atoms with Crippen LogP contribution in [-0.2, 0) is 4.43 Å². The molecule has 0 bridgehead atoms. The van der Waals surface area contributed by atoms with Gasteiger partial charge in [0.2, 0.25) is 0 Å². The molecule has 0 fully saturated rings. The maximum Gasteiger partial charge on any atom is 0.0256 e. The summed E-state index contributed by atoms with van der Waals surface area (Å²) in [6, 6.07) is 17.0. The summed E-state index contributed by atoms with van der Waals surface area (Å²) in [7, 11) is 0. The molecule has 0 radical (unpaired) electrons. The molecule has 0 N–H and O–H groups in total. The first-order valence-electron chi connectivity index (χ1n) is 4.71. The van der Waals surface area contributed by atoms with E-state index in [1.807, 2.05) is 6.07 Å². The molecule has 0 spiro atoms. The summed E-state index contributed by atoms with van der Waals surface area (Å²) in [5, 5.41) is 0. The van der Waals surface area contributed by atoms with E-state index >= 15 is 0 Å². The lowest BCUT2D eigenvalue weighted by atomic mass is 10.0. The maximum absolute atomic E-state index is 3.62. The van der Waals surface area contributed by atoms with E-state index < -0.39 is 0 Å². The smallest absolute Gasteiger partial charge is 0.0256 e. The maximum atomic E-state index is 3.62. The fourth-order valence-electron chi connectivity index (χ4n) is 1.49. The van der Waals surface area contributed by atoms with Crippen LogP contribution in [0.2, 0.25) is 0 Å². The Morgan fingerprint density at radius 2 is 1.73 bits per heavy atom. The molecule has 0 aliphatic rings. The van der Waals surface area contributed by atoms with Crippen LogP contribution in [0, 0.1) is 0 Å². The second-order valence-corrected chi connectivity index (χ2v) is 4.93. The summed E-state index contributed by atoms with van der Waals surface area (Å²) in [6.45, 7) is 0. The lowest BCUT2D eigenvalue weighted by Gasteiger charge is -2.06. The van der Waals surface area contributed by atoms with Crippen LogP contribution in [0.5, 0.6) is 0 Å². The number of alkyl halides is 1. The van der Waals surface area contributed by atoms with E-state index in [2.05, 4.69) is 81.0 Å². The van der Waals surface area contributed by atoms with Crippen molar-refractivity contribution >= 4 is 38.5 Å². The molecule has 0 aliphatic carbocycles. The van der Waals surface area contributed by atoms with Crippen molar-refractivity contribution in [2.45, 2.75) is 4.43 Å². The highest BCUT2D eigenvalue weighted by Gasteiger charge is 2.02. The fourth-order valence-corrected chi connectivity index (χ4v) is 2.62. The van der Waals surface area contributed by atoms with Crippen LogP contribution in [0.1, 0.15) is 5.56 Å². The summed E-state index contributed by atoms with van der Waals surface area (Å²) in [5.41, 5.74) is 3.86. The number of halogens is 2. The van der Waals surface area contributed by atoms with Crippen molar-refractivity contribution in [1.82, 2.24) is 0 Å². The van der Waals surface area contributed by atoms with Gasteiger partial charge in [-0.05, 0) is 22.8 Å². The normalized spacial score (nSPS) is 10.3. The van der Waals surface area contributed by atoms with E-state index in [4.69, 9.17) is 0 Å². The van der Waals surface area contributed by atoms with Gasteiger partial charge < -0.3 is 0 Å². The lowest BCUT2D eigenvalue weighted by molar-refractivity contribution is 1.43. The third-order valence-corrected chi connectivity index (χ3v) is 3.81. The van der Waals surface area contributed by atoms with Gasteiger partial charge >= 0.3 is 0 Å². The summed E-state index contributed by atoms with van der Waals surface area (Å²) < 4.78 is 2.22. The molecule has 0 saturated heterocycles. The summed E-state index contributed by atoms with van der Waals surface area (Å²) in [5.74, 6) is 0. The molecular formula is C13H10BrI. The molecule has 0 aliphatic heterocycles. The van der Waals surface area contributed by atoms with Gasteiger partial charge in [-0.25, -0.2) is 0 Å². The second kappa shape index (κ2) is 5.12. The summed E-state index contributed by atoms with van der Waals surface area (Å²) >= 11 is 6.00. The van der Waals surface area contributed by atoms with E-state index in [0.29, 0.717) is 0 Å². The quantitative estimate of drug-likeness (QED) is 0.511. The predicted molar refractivity (Wildman–Crippen MR) is 77.3 cm³/mol. The third kappa shape index (κ3) is 2.61. The largest absolute Gasteiger partial charge is 0.0812 e. The minimum Gasteiger partial charge on any atom is -0.0812 e. The summed E-state index contributed by atoms with van der Waals surface area (Å²) in [4.78, 5) is 0. The second-order valence-electron chi connectivity index (χ2n) is 3.31. The van der Waals surface area contributed by atoms with Gasteiger partial charge in [0, 0.05) is 8.90 Å². The Labute approximate surface area is 112 Å². The Bertz CT molecular complexity index is 451. The zero-order valence-electron chi connectivity index (χ0n) is 8.08. The van der Waals surface area contributed by atoms with E-state index in [-0.39, 0.29) is 0 Å². The first-order chi connectivity index (χ1) is 7.31. The Hall–Kier alpha value is -0.350. The molecule has 0 heterocycles. The highest BCUT2D eigenvalue weighted by atomic mass is 127. The predicted octanol–water partition coefficient (Wildman–Crippen LogP) is 5.05. The van der Waals surface area contributed by atoms with Gasteiger partial charge in [-0.2, -0.15) is 0 Å². The van der Waals surface area contributed by atoms with Gasteiger partial charge in [0.15, 0.2) is 0 Å². The zero-order valence-corrected chi connectivity index (χ0v) is 11.8. The van der Waals surface area contributed by atoms with E-state index in [1.165, 1.54) is 21.2 Å². The van der Waals surface area contributed by atoms with Crippen molar-refractivity contribution in [3.8, 4) is 11.1 Å². The average Bonchev–Trinajstić information content (AvgIpc) is 2.30. The lowest BCUT2D eigenvalue weighted by Crippen LogP contribution is -1.82. The molecule has 76 valence electrons. The molecule has 0 saturated carbocycles. The van der Waals surface area contributed by atoms with Gasteiger partial charge in [0.05, 0.1) is 0 Å². The van der Waals surface area contributed by atoms with Crippen LogP contribution in [0.4, 0.5) is 0 Å². The molecule has 2 rings (SSSR count). The van der Waals surface area contributed by atoms with Crippen molar-refractivity contribution in [2.75, 3.05) is 0 Å². The number of hydrogen-bond donors (Lipinski definition) is 0. The van der Waals surface area contributed by atoms with Crippen molar-refractivity contribution in [3.05, 3.63) is 58.6 Å². The molecule has 2 aromatic carbocycles. The highest BCUT2D eigenvalue weighted by molar-refractivity contribution is 14.1. The average molecular weight is 373 g/mol. The van der Waals surface area contributed by atoms with Crippen LogP contribution in [0.3, 0.4) is 0 Å². The van der Waals surface area contributed by atoms with Crippen molar-refractivity contribution in [2.24, 2.45) is 0 Å². The number of hydrogen-bond acceptors (Lipinski definition) is 0. The molecule has 0 atom stereocenters. The zero-order chi connectivity index (χ0) is 10.7. The topological polar surface area (TPSA) is 0 Å². The Morgan fingerprint density at radius 1 is 1.00 bits per heavy atom. The Kier molecular flexibility index (Phi) is 3.81. The van der Waals surface area contributed by atoms with Gasteiger partial charge in [-0.1, -0.05) is 81.0 Å². The number of rotatable bonds is 2. The first-order valence-corrected chi connectivity index (χ1v) is 7.03. The van der Waals surface area contributed by atoms with Crippen LogP contribution >= 0.6 is 38.5 Å². The van der Waals surface area contributed by atoms with E-state index in [9.17, 15) is 0 Å². The van der Waals surface area contributed by atoms with Crippen LogP contribution in [-0.4, -0.2) is 0 Å². The van der Waals surface area contributed by atoms with Gasteiger partial charge in [0.1, 0.15) is 0 Å². The van der Waals surface area contributed by atoms with Crippen LogP contribution < -0.4 is 0 Å². The molecule has 0 aromatic heterocycles. The van der Waals surface area contributed by atoms with Crippen molar-refractivity contribution in [3.63, 3.8) is 0 Å². The Balaban J connectivity index is 2.46. The first kappa shape index (κ1) is 11.1. The van der Waals surface area contributed by atoms with Crippen LogP contribution in [0.25, 0.3) is 11.1 Å². The van der Waals surface area contributed by atoms with Gasteiger partial charge in [-0.15, -0.1) is 0 Å². The minimum absolute atomic E-state index is 1.05. The molecule has 0 unspecified atom stereocenters. The molecule has 2 aromatic rings. The van der Waals surface area contributed by atoms with Crippen molar-refractivity contribution in [1.29, 1.82) is 0 Å². The fraction of sp³-hybridized carbons (Fsp3) is 0.0769. The molecule has 0 amide bonds. The number of benzene rings is 2. The van der Waals surface area contributed by atoms with E-state index in [0.717, 1.165) is 4.43 Å². The Morgan fingerprint density at radius 3 is 2.33 bits per heavy atom. The highest BCUT2D eigenvalue weighted by Crippen LogP contribution is 2.29. The van der Waals surface area contributed by atoms with Gasteiger partial charge in [-0.3, -0.25) is 0 Å². The SMILES string of the molecule is Brc1cc(CI)ccc1-c1ccccc1.